The summed E-state index contributed by atoms with van der Waals surface area (Å²) in [6, 6.07) is 0. The van der Waals surface area contributed by atoms with Crippen LogP contribution in [-0.4, -0.2) is 36.1 Å². The SMILES string of the molecule is CN1CCC(C)(NC(C)(C)C)C1. The summed E-state index contributed by atoms with van der Waals surface area (Å²) in [6.07, 6.45) is 1.26. The van der Waals surface area contributed by atoms with Gasteiger partial charge in [0.1, 0.15) is 0 Å². The maximum atomic E-state index is 3.68. The van der Waals surface area contributed by atoms with Gasteiger partial charge in [-0.1, -0.05) is 0 Å². The number of likely N-dealkylation sites (N-methyl/N-ethyl adjacent to an activating group) is 1. The van der Waals surface area contributed by atoms with Crippen molar-refractivity contribution in [1.29, 1.82) is 0 Å². The molecule has 1 atom stereocenters. The predicted octanol–water partition coefficient (Wildman–Crippen LogP) is 1.47. The van der Waals surface area contributed by atoms with Crippen LogP contribution in [0.4, 0.5) is 0 Å². The second-order valence-corrected chi connectivity index (χ2v) is 5.42. The highest BCUT2D eigenvalue weighted by atomic mass is 15.2. The number of hydrogen-bond donors (Lipinski definition) is 1. The molecule has 1 aliphatic heterocycles. The Morgan fingerprint density at radius 1 is 1.33 bits per heavy atom. The summed E-state index contributed by atoms with van der Waals surface area (Å²) < 4.78 is 0. The maximum Gasteiger partial charge on any atom is 0.0297 e. The van der Waals surface area contributed by atoms with Crippen molar-refractivity contribution in [2.45, 2.75) is 45.2 Å². The Morgan fingerprint density at radius 3 is 2.25 bits per heavy atom. The topological polar surface area (TPSA) is 15.3 Å². The molecule has 2 heteroatoms. The zero-order chi connectivity index (χ0) is 9.41. The fourth-order valence-electron chi connectivity index (χ4n) is 2.20. The minimum absolute atomic E-state index is 0.236. The molecular formula is C10H22N2. The quantitative estimate of drug-likeness (QED) is 0.641. The van der Waals surface area contributed by atoms with Crippen LogP contribution in [0, 0.1) is 0 Å². The van der Waals surface area contributed by atoms with Crippen LogP contribution in [0.1, 0.15) is 34.1 Å². The molecule has 0 saturated carbocycles. The fraction of sp³-hybridized carbons (Fsp3) is 1.00. The maximum absolute atomic E-state index is 3.68. The zero-order valence-electron chi connectivity index (χ0n) is 9.07. The number of hydrogen-bond acceptors (Lipinski definition) is 2. The lowest BCUT2D eigenvalue weighted by molar-refractivity contribution is 0.260. The van der Waals surface area contributed by atoms with Gasteiger partial charge in [0.2, 0.25) is 0 Å². The Bertz CT molecular complexity index is 160. The third kappa shape index (κ3) is 2.76. The summed E-state index contributed by atoms with van der Waals surface area (Å²) in [4.78, 5) is 2.39. The van der Waals surface area contributed by atoms with Gasteiger partial charge >= 0.3 is 0 Å². The zero-order valence-corrected chi connectivity index (χ0v) is 9.07. The minimum atomic E-state index is 0.236. The molecule has 1 N–H and O–H groups in total. The van der Waals surface area contributed by atoms with Crippen molar-refractivity contribution < 1.29 is 0 Å². The third-order valence-electron chi connectivity index (χ3n) is 2.34. The molecule has 72 valence electrons. The lowest BCUT2D eigenvalue weighted by atomic mass is 9.96. The van der Waals surface area contributed by atoms with Gasteiger partial charge in [-0.25, -0.2) is 0 Å². The van der Waals surface area contributed by atoms with Crippen molar-refractivity contribution in [3.8, 4) is 0 Å². The van der Waals surface area contributed by atoms with Gasteiger partial charge in [0.15, 0.2) is 0 Å². The molecule has 1 rings (SSSR count). The molecule has 0 radical (unpaired) electrons. The fourth-order valence-corrected chi connectivity index (χ4v) is 2.20. The molecule has 0 bridgehead atoms. The molecule has 1 fully saturated rings. The first-order chi connectivity index (χ1) is 5.31. The van der Waals surface area contributed by atoms with Gasteiger partial charge in [-0.15, -0.1) is 0 Å². The number of likely N-dealkylation sites (tertiary alicyclic amines) is 1. The number of rotatable bonds is 1. The van der Waals surface area contributed by atoms with Crippen molar-refractivity contribution in [1.82, 2.24) is 10.2 Å². The van der Waals surface area contributed by atoms with E-state index >= 15 is 0 Å². The summed E-state index contributed by atoms with van der Waals surface area (Å²) >= 11 is 0. The summed E-state index contributed by atoms with van der Waals surface area (Å²) in [6.45, 7) is 11.4. The highest BCUT2D eigenvalue weighted by Gasteiger charge is 2.34. The standard InChI is InChI=1S/C10H22N2/c1-9(2,3)11-10(4)6-7-12(5)8-10/h11H,6-8H2,1-5H3. The molecule has 0 aromatic rings. The van der Waals surface area contributed by atoms with Gasteiger partial charge in [-0.3, -0.25) is 0 Å². The highest BCUT2D eigenvalue weighted by molar-refractivity contribution is 4.96. The molecule has 0 spiro atoms. The van der Waals surface area contributed by atoms with E-state index in [4.69, 9.17) is 0 Å². The predicted molar refractivity (Wildman–Crippen MR) is 53.4 cm³/mol. The van der Waals surface area contributed by atoms with Crippen molar-refractivity contribution in [3.63, 3.8) is 0 Å². The van der Waals surface area contributed by atoms with Crippen molar-refractivity contribution in [2.24, 2.45) is 0 Å². The summed E-state index contributed by atoms with van der Waals surface area (Å²) in [5.41, 5.74) is 0.562. The third-order valence-corrected chi connectivity index (χ3v) is 2.34. The van der Waals surface area contributed by atoms with E-state index in [1.54, 1.807) is 0 Å². The first-order valence-electron chi connectivity index (χ1n) is 4.79. The van der Waals surface area contributed by atoms with Crippen LogP contribution in [-0.2, 0) is 0 Å². The van der Waals surface area contributed by atoms with E-state index in [-0.39, 0.29) is 5.54 Å². The molecule has 0 aromatic carbocycles. The number of nitrogens with one attached hydrogen (secondary N) is 1. The molecule has 0 aliphatic carbocycles. The molecule has 2 nitrogen and oxygen atoms in total. The van der Waals surface area contributed by atoms with Gasteiger partial charge in [0.25, 0.3) is 0 Å². The van der Waals surface area contributed by atoms with Crippen LogP contribution < -0.4 is 5.32 Å². The Hall–Kier alpha value is -0.0800. The molecule has 0 amide bonds. The Labute approximate surface area is 76.3 Å². The minimum Gasteiger partial charge on any atom is -0.306 e. The van der Waals surface area contributed by atoms with Crippen molar-refractivity contribution >= 4 is 0 Å². The normalized spacial score (nSPS) is 32.8. The smallest absolute Gasteiger partial charge is 0.0297 e. The summed E-state index contributed by atoms with van der Waals surface area (Å²) in [5, 5.41) is 3.68. The van der Waals surface area contributed by atoms with Gasteiger partial charge in [0.05, 0.1) is 0 Å². The Morgan fingerprint density at radius 2 is 1.92 bits per heavy atom. The van der Waals surface area contributed by atoms with Crippen LogP contribution >= 0.6 is 0 Å². The molecule has 1 unspecified atom stereocenters. The van der Waals surface area contributed by atoms with Crippen LogP contribution in [0.2, 0.25) is 0 Å². The van der Waals surface area contributed by atoms with E-state index in [9.17, 15) is 0 Å². The molecule has 1 heterocycles. The van der Waals surface area contributed by atoms with Crippen molar-refractivity contribution in [2.75, 3.05) is 20.1 Å². The van der Waals surface area contributed by atoms with E-state index in [2.05, 4.69) is 45.0 Å². The molecule has 12 heavy (non-hydrogen) atoms. The largest absolute Gasteiger partial charge is 0.306 e. The summed E-state index contributed by atoms with van der Waals surface area (Å²) in [5.74, 6) is 0. The second kappa shape index (κ2) is 3.00. The van der Waals surface area contributed by atoms with E-state index in [1.165, 1.54) is 19.5 Å². The summed E-state index contributed by atoms with van der Waals surface area (Å²) in [7, 11) is 2.19. The van der Waals surface area contributed by atoms with Crippen LogP contribution in [0.15, 0.2) is 0 Å². The van der Waals surface area contributed by atoms with Gasteiger partial charge in [-0.2, -0.15) is 0 Å². The van der Waals surface area contributed by atoms with Gasteiger partial charge < -0.3 is 10.2 Å². The van der Waals surface area contributed by atoms with Crippen LogP contribution in [0.3, 0.4) is 0 Å². The Balaban J connectivity index is 2.51. The second-order valence-electron chi connectivity index (χ2n) is 5.42. The van der Waals surface area contributed by atoms with Gasteiger partial charge in [0, 0.05) is 17.6 Å². The molecular weight excluding hydrogens is 148 g/mol. The van der Waals surface area contributed by atoms with Crippen LogP contribution in [0.5, 0.6) is 0 Å². The average molecular weight is 170 g/mol. The first kappa shape index (κ1) is 10.0. The molecule has 1 aliphatic rings. The van der Waals surface area contributed by atoms with Crippen molar-refractivity contribution in [3.05, 3.63) is 0 Å². The van der Waals surface area contributed by atoms with E-state index in [1.807, 2.05) is 0 Å². The van der Waals surface area contributed by atoms with Crippen LogP contribution in [0.25, 0.3) is 0 Å². The van der Waals surface area contributed by atoms with Gasteiger partial charge in [-0.05, 0) is 47.7 Å². The monoisotopic (exact) mass is 170 g/mol. The number of nitrogens with zero attached hydrogens (tertiary/aromatic N) is 1. The van der Waals surface area contributed by atoms with E-state index < -0.39 is 0 Å². The van der Waals surface area contributed by atoms with E-state index in [0.29, 0.717) is 5.54 Å². The highest BCUT2D eigenvalue weighted by Crippen LogP contribution is 2.22. The molecule has 1 saturated heterocycles. The first-order valence-corrected chi connectivity index (χ1v) is 4.79. The Kier molecular flexibility index (Phi) is 2.50. The van der Waals surface area contributed by atoms with E-state index in [0.717, 1.165) is 0 Å². The average Bonchev–Trinajstić information content (AvgIpc) is 2.05. The lowest BCUT2D eigenvalue weighted by Gasteiger charge is -2.34. The lowest BCUT2D eigenvalue weighted by Crippen LogP contribution is -2.53. The molecule has 0 aromatic heterocycles.